The molecule has 0 bridgehead atoms. The first-order chi connectivity index (χ1) is 11.4. The summed E-state index contributed by atoms with van der Waals surface area (Å²) >= 11 is 0. The Hall–Kier alpha value is -3.13. The normalized spacial score (nSPS) is 16.0. The van der Waals surface area contributed by atoms with Crippen molar-refractivity contribution in [3.8, 4) is 17.2 Å². The van der Waals surface area contributed by atoms with E-state index in [0.717, 1.165) is 16.7 Å². The van der Waals surface area contributed by atoms with Crippen LogP contribution in [0, 0.1) is 11.3 Å². The number of nitrogens with one attached hydrogen (secondary N) is 1. The molecule has 1 aliphatic heterocycles. The lowest BCUT2D eigenvalue weighted by molar-refractivity contribution is -0.130. The average Bonchev–Trinajstić information content (AvgIpc) is 2.77. The number of hydrogen-bond acceptors (Lipinski definition) is 3. The highest BCUT2D eigenvalue weighted by molar-refractivity contribution is 6.06. The predicted molar refractivity (Wildman–Crippen MR) is 89.8 cm³/mol. The lowest BCUT2D eigenvalue weighted by Crippen LogP contribution is -2.40. The van der Waals surface area contributed by atoms with Gasteiger partial charge in [0.05, 0.1) is 18.2 Å². The van der Waals surface area contributed by atoms with Gasteiger partial charge in [-0.05, 0) is 36.6 Å². The summed E-state index contributed by atoms with van der Waals surface area (Å²) in [4.78, 5) is 25.4. The Kier molecular flexibility index (Phi) is 3.82. The molecule has 2 aromatic carbocycles. The van der Waals surface area contributed by atoms with Gasteiger partial charge in [0.15, 0.2) is 0 Å². The van der Waals surface area contributed by atoms with Gasteiger partial charge in [0.2, 0.25) is 0 Å². The first-order valence-electron chi connectivity index (χ1n) is 7.65. The quantitative estimate of drug-likeness (QED) is 0.884. The van der Waals surface area contributed by atoms with Crippen molar-refractivity contribution in [3.63, 3.8) is 0 Å². The zero-order valence-corrected chi connectivity index (χ0v) is 13.5. The van der Waals surface area contributed by atoms with Crippen LogP contribution in [0.2, 0.25) is 0 Å². The molecule has 1 heterocycles. The predicted octanol–water partition coefficient (Wildman–Crippen LogP) is 3.06. The molecular formula is C19H17N3O2. The number of carbonyl (C=O) groups is 2. The van der Waals surface area contributed by atoms with Crippen LogP contribution in [0.4, 0.5) is 4.79 Å². The summed E-state index contributed by atoms with van der Waals surface area (Å²) in [7, 11) is 0. The molecule has 0 aliphatic carbocycles. The van der Waals surface area contributed by atoms with Gasteiger partial charge in [-0.1, -0.05) is 42.5 Å². The smallest absolute Gasteiger partial charge is 0.324 e. The van der Waals surface area contributed by atoms with E-state index in [1.807, 2.05) is 42.5 Å². The van der Waals surface area contributed by atoms with Crippen molar-refractivity contribution in [3.05, 3.63) is 59.7 Å². The molecule has 3 amide bonds. The highest BCUT2D eigenvalue weighted by Crippen LogP contribution is 2.25. The van der Waals surface area contributed by atoms with Crippen LogP contribution in [0.5, 0.6) is 0 Å². The summed E-state index contributed by atoms with van der Waals surface area (Å²) in [6.45, 7) is 3.61. The molecule has 1 aliphatic rings. The third kappa shape index (κ3) is 2.74. The molecule has 1 saturated heterocycles. The molecule has 2 aromatic rings. The zero-order chi connectivity index (χ0) is 17.3. The van der Waals surface area contributed by atoms with Gasteiger partial charge in [0.1, 0.15) is 5.54 Å². The average molecular weight is 319 g/mol. The lowest BCUT2D eigenvalue weighted by atomic mass is 9.99. The van der Waals surface area contributed by atoms with E-state index in [9.17, 15) is 14.9 Å². The maximum atomic E-state index is 12.2. The number of urea groups is 1. The number of benzene rings is 2. The Labute approximate surface area is 140 Å². The van der Waals surface area contributed by atoms with Crippen LogP contribution in [0.25, 0.3) is 11.1 Å². The van der Waals surface area contributed by atoms with Crippen molar-refractivity contribution >= 4 is 11.9 Å². The van der Waals surface area contributed by atoms with Crippen molar-refractivity contribution in [2.45, 2.75) is 25.9 Å². The first kappa shape index (κ1) is 15.8. The SMILES string of the molecule is CC1(C)NC(=O)N(Cc2ccc(-c3ccccc3C#N)cc2)C1=O. The van der Waals surface area contributed by atoms with Crippen LogP contribution >= 0.6 is 0 Å². The molecule has 120 valence electrons. The minimum absolute atomic E-state index is 0.230. The van der Waals surface area contributed by atoms with Gasteiger partial charge in [0, 0.05) is 0 Å². The van der Waals surface area contributed by atoms with Crippen molar-refractivity contribution in [1.82, 2.24) is 10.2 Å². The van der Waals surface area contributed by atoms with Crippen molar-refractivity contribution < 1.29 is 9.59 Å². The summed E-state index contributed by atoms with van der Waals surface area (Å²) in [6.07, 6.45) is 0. The maximum absolute atomic E-state index is 12.2. The second-order valence-electron chi connectivity index (χ2n) is 6.30. The Balaban J connectivity index is 1.82. The summed E-state index contributed by atoms with van der Waals surface area (Å²) in [5, 5.41) is 11.9. The number of nitriles is 1. The van der Waals surface area contributed by atoms with Gasteiger partial charge >= 0.3 is 6.03 Å². The van der Waals surface area contributed by atoms with E-state index in [4.69, 9.17) is 0 Å². The summed E-state index contributed by atoms with van der Waals surface area (Å²) in [5.41, 5.74) is 2.40. The minimum Gasteiger partial charge on any atom is -0.324 e. The van der Waals surface area contributed by atoms with Gasteiger partial charge in [-0.15, -0.1) is 0 Å². The fourth-order valence-corrected chi connectivity index (χ4v) is 2.77. The number of rotatable bonds is 3. The van der Waals surface area contributed by atoms with E-state index in [1.54, 1.807) is 19.9 Å². The molecule has 5 heteroatoms. The Morgan fingerprint density at radius 3 is 2.33 bits per heavy atom. The Morgan fingerprint density at radius 1 is 1.08 bits per heavy atom. The van der Waals surface area contributed by atoms with Crippen LogP contribution in [0.15, 0.2) is 48.5 Å². The number of hydrogen-bond donors (Lipinski definition) is 1. The van der Waals surface area contributed by atoms with Crippen LogP contribution in [-0.4, -0.2) is 22.4 Å². The van der Waals surface area contributed by atoms with Gasteiger partial charge in [0.25, 0.3) is 5.91 Å². The third-order valence-electron chi connectivity index (χ3n) is 4.10. The Bertz CT molecular complexity index is 848. The van der Waals surface area contributed by atoms with Gasteiger partial charge in [-0.3, -0.25) is 9.69 Å². The molecule has 0 radical (unpaired) electrons. The molecule has 5 nitrogen and oxygen atoms in total. The standard InChI is InChI=1S/C19H17N3O2/c1-19(2)17(23)22(18(24)21-19)12-13-7-9-14(10-8-13)16-6-4-3-5-15(16)11-20/h3-10H,12H2,1-2H3,(H,21,24). The van der Waals surface area contributed by atoms with E-state index < -0.39 is 5.54 Å². The van der Waals surface area contributed by atoms with Crippen molar-refractivity contribution in [1.29, 1.82) is 5.26 Å². The molecule has 0 aromatic heterocycles. The fraction of sp³-hybridized carbons (Fsp3) is 0.211. The van der Waals surface area contributed by atoms with Gasteiger partial charge in [-0.2, -0.15) is 5.26 Å². The van der Waals surface area contributed by atoms with Gasteiger partial charge in [-0.25, -0.2) is 4.79 Å². The monoisotopic (exact) mass is 319 g/mol. The third-order valence-corrected chi connectivity index (χ3v) is 4.10. The minimum atomic E-state index is -0.858. The fourth-order valence-electron chi connectivity index (χ4n) is 2.77. The van der Waals surface area contributed by atoms with Crippen molar-refractivity contribution in [2.75, 3.05) is 0 Å². The molecule has 1 fully saturated rings. The molecule has 0 unspecified atom stereocenters. The number of carbonyl (C=O) groups excluding carboxylic acids is 2. The molecule has 0 saturated carbocycles. The number of imide groups is 1. The highest BCUT2D eigenvalue weighted by atomic mass is 16.2. The van der Waals surface area contributed by atoms with Crippen molar-refractivity contribution in [2.24, 2.45) is 0 Å². The number of nitrogens with zero attached hydrogens (tertiary/aromatic N) is 2. The van der Waals surface area contributed by atoms with E-state index in [1.165, 1.54) is 4.90 Å². The first-order valence-corrected chi connectivity index (χ1v) is 7.65. The molecule has 1 N–H and O–H groups in total. The largest absolute Gasteiger partial charge is 0.325 e. The second kappa shape index (κ2) is 5.82. The second-order valence-corrected chi connectivity index (χ2v) is 6.30. The van der Waals surface area contributed by atoms with Gasteiger partial charge < -0.3 is 5.32 Å². The van der Waals surface area contributed by atoms with E-state index in [-0.39, 0.29) is 18.5 Å². The molecule has 24 heavy (non-hydrogen) atoms. The van der Waals surface area contributed by atoms with Crippen LogP contribution in [0.3, 0.4) is 0 Å². The van der Waals surface area contributed by atoms with E-state index >= 15 is 0 Å². The molecule has 0 atom stereocenters. The summed E-state index contributed by atoms with van der Waals surface area (Å²) in [6, 6.07) is 16.7. The maximum Gasteiger partial charge on any atom is 0.325 e. The Morgan fingerprint density at radius 2 is 1.75 bits per heavy atom. The number of amides is 3. The van der Waals surface area contributed by atoms with Crippen LogP contribution in [0.1, 0.15) is 25.0 Å². The molecule has 3 rings (SSSR count). The van der Waals surface area contributed by atoms with E-state index in [0.29, 0.717) is 5.56 Å². The zero-order valence-electron chi connectivity index (χ0n) is 13.5. The van der Waals surface area contributed by atoms with E-state index in [2.05, 4.69) is 11.4 Å². The van der Waals surface area contributed by atoms with Crippen LogP contribution < -0.4 is 5.32 Å². The molecule has 0 spiro atoms. The topological polar surface area (TPSA) is 73.2 Å². The summed E-state index contributed by atoms with van der Waals surface area (Å²) in [5.74, 6) is -0.230. The highest BCUT2D eigenvalue weighted by Gasteiger charge is 2.43. The van der Waals surface area contributed by atoms with Crippen LogP contribution in [-0.2, 0) is 11.3 Å². The lowest BCUT2D eigenvalue weighted by Gasteiger charge is -2.16. The summed E-state index contributed by atoms with van der Waals surface area (Å²) < 4.78 is 0. The molecular weight excluding hydrogens is 302 g/mol.